The first-order valence-electron chi connectivity index (χ1n) is 6.75. The summed E-state index contributed by atoms with van der Waals surface area (Å²) in [5, 5.41) is -0.101. The minimum Gasteiger partial charge on any atom is -0.308 e. The molecule has 2 unspecified atom stereocenters. The van der Waals surface area contributed by atoms with Crippen LogP contribution in [0.25, 0.3) is 11.2 Å². The summed E-state index contributed by atoms with van der Waals surface area (Å²) >= 11 is 9.76. The zero-order valence-electron chi connectivity index (χ0n) is 11.1. The van der Waals surface area contributed by atoms with Crippen molar-refractivity contribution in [2.24, 2.45) is 5.92 Å². The van der Waals surface area contributed by atoms with Gasteiger partial charge in [0.25, 0.3) is 0 Å². The van der Waals surface area contributed by atoms with Crippen molar-refractivity contribution < 1.29 is 0 Å². The zero-order valence-corrected chi connectivity index (χ0v) is 13.4. The highest BCUT2D eigenvalue weighted by molar-refractivity contribution is 9.10. The van der Waals surface area contributed by atoms with Crippen LogP contribution in [-0.2, 0) is 0 Å². The van der Waals surface area contributed by atoms with Gasteiger partial charge in [0.15, 0.2) is 5.65 Å². The molecule has 0 aliphatic heterocycles. The smallest absolute Gasteiger partial charge is 0.160 e. The Kier molecular flexibility index (Phi) is 3.56. The van der Waals surface area contributed by atoms with Gasteiger partial charge in [0.1, 0.15) is 11.3 Å². The Hall–Kier alpha value is -0.610. The predicted octanol–water partition coefficient (Wildman–Crippen LogP) is 4.85. The molecule has 2 atom stereocenters. The second-order valence-corrected chi connectivity index (χ2v) is 6.95. The molecular weight excluding hydrogens is 326 g/mol. The van der Waals surface area contributed by atoms with E-state index < -0.39 is 0 Å². The van der Waals surface area contributed by atoms with Crippen LogP contribution in [0, 0.1) is 5.92 Å². The lowest BCUT2D eigenvalue weighted by Gasteiger charge is -2.33. The van der Waals surface area contributed by atoms with Gasteiger partial charge in [-0.2, -0.15) is 0 Å². The van der Waals surface area contributed by atoms with E-state index in [9.17, 15) is 0 Å². The monoisotopic (exact) mass is 341 g/mol. The molecule has 2 aromatic heterocycles. The number of rotatable bonds is 3. The molecule has 2 heterocycles. The molecule has 3 rings (SSSR count). The highest BCUT2D eigenvalue weighted by atomic mass is 79.9. The van der Waals surface area contributed by atoms with E-state index in [0.717, 1.165) is 27.4 Å². The highest BCUT2D eigenvalue weighted by Gasteiger charge is 2.29. The molecule has 0 spiro atoms. The standard InChI is InChI=1S/C14H17BrClN3/c1-8(16)13-18-12-6-11(15)7-17-14(12)19(13)9(2)10-4-3-5-10/h6-10H,3-5H2,1-2H3. The third kappa shape index (κ3) is 2.29. The Bertz CT molecular complexity index is 604. The Balaban J connectivity index is 2.15. The molecule has 19 heavy (non-hydrogen) atoms. The molecule has 3 nitrogen and oxygen atoms in total. The molecule has 5 heteroatoms. The molecule has 0 bridgehead atoms. The SMILES string of the molecule is CC(Cl)c1nc2cc(Br)cnc2n1C(C)C1CCC1. The van der Waals surface area contributed by atoms with Gasteiger partial charge in [0.05, 0.1) is 5.38 Å². The fraction of sp³-hybridized carbons (Fsp3) is 0.571. The van der Waals surface area contributed by atoms with E-state index in [4.69, 9.17) is 11.6 Å². The lowest BCUT2D eigenvalue weighted by molar-refractivity contribution is 0.222. The minimum atomic E-state index is -0.101. The van der Waals surface area contributed by atoms with Gasteiger partial charge in [0.2, 0.25) is 0 Å². The lowest BCUT2D eigenvalue weighted by Crippen LogP contribution is -2.24. The second-order valence-electron chi connectivity index (χ2n) is 5.38. The summed E-state index contributed by atoms with van der Waals surface area (Å²) in [4.78, 5) is 9.21. The van der Waals surface area contributed by atoms with E-state index >= 15 is 0 Å². The molecule has 102 valence electrons. The number of hydrogen-bond acceptors (Lipinski definition) is 2. The van der Waals surface area contributed by atoms with Crippen LogP contribution in [-0.4, -0.2) is 14.5 Å². The summed E-state index contributed by atoms with van der Waals surface area (Å²) in [5.41, 5.74) is 1.87. The maximum atomic E-state index is 6.31. The van der Waals surface area contributed by atoms with E-state index in [0.29, 0.717) is 6.04 Å². The number of pyridine rings is 1. The van der Waals surface area contributed by atoms with Crippen LogP contribution in [0.1, 0.15) is 50.4 Å². The summed E-state index contributed by atoms with van der Waals surface area (Å²) in [6, 6.07) is 2.43. The van der Waals surface area contributed by atoms with E-state index in [1.807, 2.05) is 19.2 Å². The van der Waals surface area contributed by atoms with Gasteiger partial charge in [-0.25, -0.2) is 9.97 Å². The molecule has 0 radical (unpaired) electrons. The summed E-state index contributed by atoms with van der Waals surface area (Å²) in [5.74, 6) is 1.67. The molecule has 1 aliphatic rings. The third-order valence-electron chi connectivity index (χ3n) is 4.12. The van der Waals surface area contributed by atoms with Crippen molar-refractivity contribution in [3.05, 3.63) is 22.6 Å². The third-order valence-corrected chi connectivity index (χ3v) is 4.75. The predicted molar refractivity (Wildman–Crippen MR) is 81.5 cm³/mol. The number of fused-ring (bicyclic) bond motifs is 1. The Morgan fingerprint density at radius 3 is 2.74 bits per heavy atom. The number of imidazole rings is 1. The fourth-order valence-electron chi connectivity index (χ4n) is 2.79. The maximum absolute atomic E-state index is 6.31. The molecule has 0 aromatic carbocycles. The summed E-state index contributed by atoms with van der Waals surface area (Å²) in [6.45, 7) is 4.24. The molecule has 0 N–H and O–H groups in total. The van der Waals surface area contributed by atoms with E-state index in [-0.39, 0.29) is 5.38 Å². The topological polar surface area (TPSA) is 30.7 Å². The molecule has 1 aliphatic carbocycles. The highest BCUT2D eigenvalue weighted by Crippen LogP contribution is 2.39. The first-order chi connectivity index (χ1) is 9.08. The summed E-state index contributed by atoms with van der Waals surface area (Å²) in [6.07, 6.45) is 5.77. The van der Waals surface area contributed by atoms with Crippen LogP contribution in [0.2, 0.25) is 0 Å². The van der Waals surface area contributed by atoms with E-state index in [1.165, 1.54) is 19.3 Å². The van der Waals surface area contributed by atoms with Crippen LogP contribution in [0.4, 0.5) is 0 Å². The first-order valence-corrected chi connectivity index (χ1v) is 7.98. The lowest BCUT2D eigenvalue weighted by atomic mass is 9.80. The van der Waals surface area contributed by atoms with Crippen molar-refractivity contribution in [1.29, 1.82) is 0 Å². The first kappa shape index (κ1) is 13.4. The zero-order chi connectivity index (χ0) is 13.6. The number of halogens is 2. The number of nitrogens with zero attached hydrogens (tertiary/aromatic N) is 3. The van der Waals surface area contributed by atoms with Gasteiger partial charge in [0, 0.05) is 16.7 Å². The summed E-state index contributed by atoms with van der Waals surface area (Å²) < 4.78 is 3.19. The van der Waals surface area contributed by atoms with Crippen LogP contribution in [0.5, 0.6) is 0 Å². The molecule has 1 saturated carbocycles. The van der Waals surface area contributed by atoms with Gasteiger partial charge < -0.3 is 4.57 Å². The van der Waals surface area contributed by atoms with Gasteiger partial charge in [-0.1, -0.05) is 6.42 Å². The Morgan fingerprint density at radius 1 is 1.42 bits per heavy atom. The summed E-state index contributed by atoms with van der Waals surface area (Å²) in [7, 11) is 0. The maximum Gasteiger partial charge on any atom is 0.160 e. The Labute approximate surface area is 126 Å². The Morgan fingerprint density at radius 2 is 2.16 bits per heavy atom. The van der Waals surface area contributed by atoms with Crippen molar-refractivity contribution in [2.75, 3.05) is 0 Å². The van der Waals surface area contributed by atoms with Gasteiger partial charge in [-0.15, -0.1) is 11.6 Å². The largest absolute Gasteiger partial charge is 0.308 e. The molecule has 0 saturated heterocycles. The number of hydrogen-bond donors (Lipinski definition) is 0. The van der Waals surface area contributed by atoms with Crippen molar-refractivity contribution in [1.82, 2.24) is 14.5 Å². The second kappa shape index (κ2) is 5.06. The van der Waals surface area contributed by atoms with E-state index in [2.05, 4.69) is 37.4 Å². The number of aromatic nitrogens is 3. The van der Waals surface area contributed by atoms with Crippen LogP contribution < -0.4 is 0 Å². The van der Waals surface area contributed by atoms with Gasteiger partial charge >= 0.3 is 0 Å². The van der Waals surface area contributed by atoms with Crippen molar-refractivity contribution >= 4 is 38.7 Å². The molecule has 1 fully saturated rings. The van der Waals surface area contributed by atoms with Crippen molar-refractivity contribution in [2.45, 2.75) is 44.5 Å². The number of alkyl halides is 1. The normalized spacial score (nSPS) is 19.4. The van der Waals surface area contributed by atoms with Crippen LogP contribution >= 0.6 is 27.5 Å². The fourth-order valence-corrected chi connectivity index (χ4v) is 3.26. The minimum absolute atomic E-state index is 0.101. The molecule has 2 aromatic rings. The van der Waals surface area contributed by atoms with Crippen molar-refractivity contribution in [3.8, 4) is 0 Å². The van der Waals surface area contributed by atoms with E-state index in [1.54, 1.807) is 0 Å². The molecular formula is C14H17BrClN3. The van der Waals surface area contributed by atoms with Crippen molar-refractivity contribution in [3.63, 3.8) is 0 Å². The van der Waals surface area contributed by atoms with Gasteiger partial charge in [-0.05, 0) is 54.6 Å². The van der Waals surface area contributed by atoms with Crippen LogP contribution in [0.3, 0.4) is 0 Å². The quantitative estimate of drug-likeness (QED) is 0.746. The van der Waals surface area contributed by atoms with Crippen LogP contribution in [0.15, 0.2) is 16.7 Å². The average molecular weight is 343 g/mol. The average Bonchev–Trinajstić information content (AvgIpc) is 2.64. The van der Waals surface area contributed by atoms with Gasteiger partial charge in [-0.3, -0.25) is 0 Å². The molecule has 0 amide bonds.